The van der Waals surface area contributed by atoms with Crippen molar-refractivity contribution in [3.8, 4) is 0 Å². The Labute approximate surface area is 156 Å². The molecule has 3 rings (SSSR count). The Balaban J connectivity index is 1.36. The number of piperidine rings is 1. The second kappa shape index (κ2) is 8.84. The third-order valence-electron chi connectivity index (χ3n) is 5.35. The number of hydrogen-bond donors (Lipinski definition) is 1. The highest BCUT2D eigenvalue weighted by molar-refractivity contribution is 6.30. The third-order valence-corrected chi connectivity index (χ3v) is 5.60. The van der Waals surface area contributed by atoms with Crippen molar-refractivity contribution >= 4 is 11.6 Å². The molecule has 25 heavy (non-hydrogen) atoms. The molecule has 0 aliphatic carbocycles. The molecule has 1 fully saturated rings. The molecule has 0 amide bonds. The first-order chi connectivity index (χ1) is 12.2. The normalized spacial score (nSPS) is 17.5. The van der Waals surface area contributed by atoms with Gasteiger partial charge in [-0.1, -0.05) is 60.5 Å². The zero-order valence-corrected chi connectivity index (χ0v) is 15.6. The fourth-order valence-electron chi connectivity index (χ4n) is 3.68. The van der Waals surface area contributed by atoms with Gasteiger partial charge in [0.25, 0.3) is 0 Å². The molecule has 0 radical (unpaired) electrons. The molecule has 2 aromatic carbocycles. The number of rotatable bonds is 7. The average Bonchev–Trinajstić information content (AvgIpc) is 2.64. The van der Waals surface area contributed by atoms with Gasteiger partial charge >= 0.3 is 0 Å². The molecule has 0 saturated carbocycles. The summed E-state index contributed by atoms with van der Waals surface area (Å²) in [4.78, 5) is 2.49. The van der Waals surface area contributed by atoms with Crippen LogP contribution in [0.25, 0.3) is 0 Å². The Bertz CT molecular complexity index is 633. The summed E-state index contributed by atoms with van der Waals surface area (Å²) in [6.07, 6.45) is 6.56. The summed E-state index contributed by atoms with van der Waals surface area (Å²) >= 11 is 5.95. The maximum Gasteiger partial charge on any atom is 0.0920 e. The van der Waals surface area contributed by atoms with Gasteiger partial charge in [0.15, 0.2) is 0 Å². The van der Waals surface area contributed by atoms with Gasteiger partial charge in [0.05, 0.1) is 5.60 Å². The zero-order chi connectivity index (χ0) is 17.5. The number of nitrogens with zero attached hydrogens (tertiary/aromatic N) is 1. The van der Waals surface area contributed by atoms with Crippen molar-refractivity contribution in [2.45, 2.75) is 44.1 Å². The second-order valence-corrected chi connectivity index (χ2v) is 7.61. The molecule has 1 heterocycles. The number of aryl methyl sites for hydroxylation is 1. The highest BCUT2D eigenvalue weighted by atomic mass is 35.5. The summed E-state index contributed by atoms with van der Waals surface area (Å²) in [6.45, 7) is 3.08. The molecule has 2 aromatic rings. The van der Waals surface area contributed by atoms with Gasteiger partial charge in [-0.2, -0.15) is 0 Å². The number of aliphatic hydroxyl groups is 1. The molecule has 1 saturated heterocycles. The van der Waals surface area contributed by atoms with E-state index < -0.39 is 5.60 Å². The van der Waals surface area contributed by atoms with E-state index in [-0.39, 0.29) is 0 Å². The van der Waals surface area contributed by atoms with Crippen molar-refractivity contribution in [3.63, 3.8) is 0 Å². The summed E-state index contributed by atoms with van der Waals surface area (Å²) < 4.78 is 0. The summed E-state index contributed by atoms with van der Waals surface area (Å²) in [5.74, 6) is 0. The van der Waals surface area contributed by atoms with Crippen LogP contribution in [0.3, 0.4) is 0 Å². The number of halogens is 1. The van der Waals surface area contributed by atoms with Crippen LogP contribution in [0.2, 0.25) is 5.02 Å². The van der Waals surface area contributed by atoms with Crippen LogP contribution in [-0.4, -0.2) is 29.6 Å². The molecule has 0 aromatic heterocycles. The maximum atomic E-state index is 10.9. The molecule has 0 atom stereocenters. The Hall–Kier alpha value is -1.35. The number of unbranched alkanes of at least 4 members (excludes halogenated alkanes) is 2. The van der Waals surface area contributed by atoms with E-state index in [1.54, 1.807) is 0 Å². The van der Waals surface area contributed by atoms with E-state index in [9.17, 15) is 5.11 Å². The van der Waals surface area contributed by atoms with Crippen LogP contribution in [0.5, 0.6) is 0 Å². The lowest BCUT2D eigenvalue weighted by Crippen LogP contribution is -2.42. The lowest BCUT2D eigenvalue weighted by atomic mass is 9.84. The minimum atomic E-state index is -0.686. The Kier molecular flexibility index (Phi) is 6.52. The SMILES string of the molecule is OC1(c2ccc(Cl)cc2)CCN(CCCCCc2ccccc2)CC1. The van der Waals surface area contributed by atoms with Crippen molar-refractivity contribution in [1.29, 1.82) is 0 Å². The summed E-state index contributed by atoms with van der Waals surface area (Å²) in [5, 5.41) is 11.6. The molecule has 1 aliphatic rings. The molecule has 0 spiro atoms. The molecular weight excluding hydrogens is 330 g/mol. The minimum Gasteiger partial charge on any atom is -0.385 e. The fourth-order valence-corrected chi connectivity index (χ4v) is 3.81. The van der Waals surface area contributed by atoms with Gasteiger partial charge in [0, 0.05) is 18.1 Å². The van der Waals surface area contributed by atoms with E-state index in [0.29, 0.717) is 0 Å². The highest BCUT2D eigenvalue weighted by Crippen LogP contribution is 2.33. The standard InChI is InChI=1S/C22H28ClNO/c23-21-12-10-20(11-13-21)22(25)14-17-24(18-15-22)16-6-2-5-9-19-7-3-1-4-8-19/h1,3-4,7-8,10-13,25H,2,5-6,9,14-18H2. The van der Waals surface area contributed by atoms with Crippen molar-refractivity contribution < 1.29 is 5.11 Å². The topological polar surface area (TPSA) is 23.5 Å². The van der Waals surface area contributed by atoms with Crippen molar-refractivity contribution in [2.24, 2.45) is 0 Å². The minimum absolute atomic E-state index is 0.686. The monoisotopic (exact) mass is 357 g/mol. The van der Waals surface area contributed by atoms with Crippen LogP contribution in [0.1, 0.15) is 43.2 Å². The Morgan fingerprint density at radius 2 is 1.56 bits per heavy atom. The summed E-state index contributed by atoms with van der Waals surface area (Å²) in [6, 6.07) is 18.4. The predicted molar refractivity (Wildman–Crippen MR) is 105 cm³/mol. The van der Waals surface area contributed by atoms with Crippen LogP contribution in [-0.2, 0) is 12.0 Å². The molecule has 1 N–H and O–H groups in total. The van der Waals surface area contributed by atoms with Crippen LogP contribution in [0.4, 0.5) is 0 Å². The van der Waals surface area contributed by atoms with E-state index in [0.717, 1.165) is 43.1 Å². The van der Waals surface area contributed by atoms with Crippen molar-refractivity contribution in [2.75, 3.05) is 19.6 Å². The van der Waals surface area contributed by atoms with Crippen LogP contribution in [0.15, 0.2) is 54.6 Å². The third kappa shape index (κ3) is 5.31. The van der Waals surface area contributed by atoms with Gasteiger partial charge in [-0.15, -0.1) is 0 Å². The number of benzene rings is 2. The molecule has 2 nitrogen and oxygen atoms in total. The Morgan fingerprint density at radius 1 is 0.880 bits per heavy atom. The van der Waals surface area contributed by atoms with Gasteiger partial charge in [0.1, 0.15) is 0 Å². The second-order valence-electron chi connectivity index (χ2n) is 7.18. The van der Waals surface area contributed by atoms with Gasteiger partial charge in [-0.05, 0) is 61.9 Å². The molecule has 0 unspecified atom stereocenters. The first-order valence-corrected chi connectivity index (χ1v) is 9.78. The van der Waals surface area contributed by atoms with Gasteiger partial charge < -0.3 is 10.0 Å². The molecule has 0 bridgehead atoms. The highest BCUT2D eigenvalue weighted by Gasteiger charge is 2.33. The maximum absolute atomic E-state index is 10.9. The van der Waals surface area contributed by atoms with Gasteiger partial charge in [-0.3, -0.25) is 0 Å². The van der Waals surface area contributed by atoms with Crippen LogP contribution < -0.4 is 0 Å². The molecule has 3 heteroatoms. The van der Waals surface area contributed by atoms with Gasteiger partial charge in [-0.25, -0.2) is 0 Å². The summed E-state index contributed by atoms with van der Waals surface area (Å²) in [7, 11) is 0. The first kappa shape index (κ1) is 18.4. The van der Waals surface area contributed by atoms with Crippen molar-refractivity contribution in [3.05, 3.63) is 70.7 Å². The molecule has 134 valence electrons. The van der Waals surface area contributed by atoms with Crippen molar-refractivity contribution in [1.82, 2.24) is 4.90 Å². The van der Waals surface area contributed by atoms with E-state index in [2.05, 4.69) is 35.2 Å². The lowest BCUT2D eigenvalue weighted by Gasteiger charge is -2.38. The van der Waals surface area contributed by atoms with Crippen LogP contribution >= 0.6 is 11.6 Å². The van der Waals surface area contributed by atoms with Gasteiger partial charge in [0.2, 0.25) is 0 Å². The Morgan fingerprint density at radius 3 is 2.24 bits per heavy atom. The molecule has 1 aliphatic heterocycles. The first-order valence-electron chi connectivity index (χ1n) is 9.40. The lowest BCUT2D eigenvalue weighted by molar-refractivity contribution is -0.0261. The number of likely N-dealkylation sites (tertiary alicyclic amines) is 1. The fraction of sp³-hybridized carbons (Fsp3) is 0.455. The quantitative estimate of drug-likeness (QED) is 0.702. The summed E-state index contributed by atoms with van der Waals surface area (Å²) in [5.41, 5.74) is 1.75. The van der Waals surface area contributed by atoms with E-state index in [1.165, 1.54) is 31.2 Å². The van der Waals surface area contributed by atoms with E-state index in [1.807, 2.05) is 24.3 Å². The zero-order valence-electron chi connectivity index (χ0n) is 14.8. The number of hydrogen-bond acceptors (Lipinski definition) is 2. The average molecular weight is 358 g/mol. The molecular formula is C22H28ClNO. The van der Waals surface area contributed by atoms with E-state index in [4.69, 9.17) is 11.6 Å². The van der Waals surface area contributed by atoms with Crippen LogP contribution in [0, 0.1) is 0 Å². The smallest absolute Gasteiger partial charge is 0.0920 e. The largest absolute Gasteiger partial charge is 0.385 e. The van der Waals surface area contributed by atoms with E-state index >= 15 is 0 Å². The predicted octanol–water partition coefficient (Wildman–Crippen LogP) is 5.04.